The highest BCUT2D eigenvalue weighted by Crippen LogP contribution is 2.41. The molecule has 2 aromatic rings. The van der Waals surface area contributed by atoms with Gasteiger partial charge in [0.05, 0.1) is 17.9 Å². The third-order valence-electron chi connectivity index (χ3n) is 4.12. The molecule has 146 valence electrons. The number of benzene rings is 1. The number of halogens is 3. The summed E-state index contributed by atoms with van der Waals surface area (Å²) in [6, 6.07) is 1.54. The molecule has 0 bridgehead atoms. The van der Waals surface area contributed by atoms with Gasteiger partial charge in [-0.3, -0.25) is 14.5 Å². The monoisotopic (exact) mass is 411 g/mol. The van der Waals surface area contributed by atoms with Crippen molar-refractivity contribution in [3.05, 3.63) is 43.7 Å². The van der Waals surface area contributed by atoms with Crippen molar-refractivity contribution in [2.24, 2.45) is 14.1 Å². The second-order valence-corrected chi connectivity index (χ2v) is 6.20. The summed E-state index contributed by atoms with van der Waals surface area (Å²) in [5.41, 5.74) is -2.59. The first-order valence-corrected chi connectivity index (χ1v) is 8.02. The lowest BCUT2D eigenvalue weighted by Gasteiger charge is -2.35. The Kier molecular flexibility index (Phi) is 4.43. The van der Waals surface area contributed by atoms with E-state index >= 15 is 0 Å². The molecule has 1 aliphatic heterocycles. The van der Waals surface area contributed by atoms with Crippen LogP contribution >= 0.6 is 12.2 Å². The van der Waals surface area contributed by atoms with Gasteiger partial charge in [0.1, 0.15) is 0 Å². The van der Waals surface area contributed by atoms with Gasteiger partial charge >= 0.3 is 17.5 Å². The summed E-state index contributed by atoms with van der Waals surface area (Å²) in [4.78, 5) is 25.7. The number of nitrogens with one attached hydrogen (secondary N) is 1. The molecule has 0 unspecified atom stereocenters. The van der Waals surface area contributed by atoms with Gasteiger partial charge in [-0.1, -0.05) is 5.92 Å². The number of alkyl halides is 2. The number of nitrogens with zero attached hydrogens (tertiary/aromatic N) is 4. The highest BCUT2D eigenvalue weighted by Gasteiger charge is 2.47. The fourth-order valence-electron chi connectivity index (χ4n) is 2.69. The first-order valence-electron chi connectivity index (χ1n) is 7.61. The average Bonchev–Trinajstić information content (AvgIpc) is 2.63. The molecule has 2 heterocycles. The van der Waals surface area contributed by atoms with Gasteiger partial charge in [0, 0.05) is 20.2 Å². The Morgan fingerprint density at radius 3 is 2.32 bits per heavy atom. The minimum Gasteiger partial charge on any atom is -0.424 e. The maximum Gasteiger partial charge on any atom is 0.460 e. The molecule has 0 saturated heterocycles. The summed E-state index contributed by atoms with van der Waals surface area (Å²) in [6.45, 7) is -0.443. The molecule has 1 N–H and O–H groups in total. The van der Waals surface area contributed by atoms with Crippen LogP contribution in [0.4, 0.5) is 18.9 Å². The number of hydrogen-bond acceptors (Lipinski definition) is 5. The summed E-state index contributed by atoms with van der Waals surface area (Å²) >= 11 is 4.96. The number of hydrogen-bond donors (Lipinski definition) is 1. The zero-order valence-corrected chi connectivity index (χ0v) is 15.3. The number of terminal acetylenes is 1. The minimum absolute atomic E-state index is 0.0941. The first kappa shape index (κ1) is 19.4. The van der Waals surface area contributed by atoms with Crippen LogP contribution < -0.4 is 21.0 Å². The molecule has 12 heteroatoms. The molecule has 1 aromatic carbocycles. The normalized spacial score (nSPS) is 15.0. The van der Waals surface area contributed by atoms with Crippen LogP contribution in [0.25, 0.3) is 5.69 Å². The van der Waals surface area contributed by atoms with Crippen LogP contribution in [0.1, 0.15) is 0 Å². The molecule has 0 radical (unpaired) electrons. The lowest BCUT2D eigenvalue weighted by Crippen LogP contribution is -2.50. The van der Waals surface area contributed by atoms with Gasteiger partial charge in [0.25, 0.3) is 0 Å². The summed E-state index contributed by atoms with van der Waals surface area (Å²) < 4.78 is 49.1. The molecule has 8 nitrogen and oxygen atoms in total. The van der Waals surface area contributed by atoms with E-state index in [-0.39, 0.29) is 10.5 Å². The Labute approximate surface area is 160 Å². The quantitative estimate of drug-likeness (QED) is 0.592. The lowest BCUT2D eigenvalue weighted by atomic mass is 10.2. The SMILES string of the molecule is C#CCN1C(=N)C(F)(F)Oc2cc(F)c(-n3c(=O)n(C)c(=S)n(C)c3=O)cc21. The van der Waals surface area contributed by atoms with E-state index in [1.165, 1.54) is 14.1 Å². The number of fused-ring (bicyclic) bond motifs is 1. The van der Waals surface area contributed by atoms with E-state index in [0.29, 0.717) is 10.6 Å². The molecule has 3 rings (SSSR count). The van der Waals surface area contributed by atoms with Gasteiger partial charge in [0.2, 0.25) is 5.84 Å². The fraction of sp³-hybridized carbons (Fsp3) is 0.250. The molecular weight excluding hydrogens is 399 g/mol. The van der Waals surface area contributed by atoms with Gasteiger partial charge in [0.15, 0.2) is 16.3 Å². The van der Waals surface area contributed by atoms with E-state index in [1.807, 2.05) is 0 Å². The van der Waals surface area contributed by atoms with Crippen molar-refractivity contribution in [3.63, 3.8) is 0 Å². The van der Waals surface area contributed by atoms with Crippen molar-refractivity contribution in [2.45, 2.75) is 6.11 Å². The van der Waals surface area contributed by atoms with E-state index in [2.05, 4.69) is 10.7 Å². The van der Waals surface area contributed by atoms with Crippen LogP contribution in [0.2, 0.25) is 0 Å². The van der Waals surface area contributed by atoms with Crippen molar-refractivity contribution in [2.75, 3.05) is 11.4 Å². The van der Waals surface area contributed by atoms with Crippen LogP contribution in [-0.2, 0) is 14.1 Å². The van der Waals surface area contributed by atoms with Crippen LogP contribution in [0.15, 0.2) is 21.7 Å². The standard InChI is InChI=1S/C16H12F3N5O3S/c1-4-5-23-10-7-9(8(17)6-11(10)27-16(18,19)12(23)20)24-13(25)21(2)15(28)22(3)14(24)26/h1,6-7,20H,5H2,2-3H3. The first-order chi connectivity index (χ1) is 13.0. The third kappa shape index (κ3) is 2.71. The number of ether oxygens (including phenoxy) is 1. The van der Waals surface area contributed by atoms with Crippen LogP contribution in [0.5, 0.6) is 5.75 Å². The maximum atomic E-state index is 14.7. The highest BCUT2D eigenvalue weighted by atomic mass is 32.1. The van der Waals surface area contributed by atoms with Gasteiger partial charge in [-0.15, -0.1) is 6.42 Å². The topological polar surface area (TPSA) is 85.2 Å². The molecule has 0 saturated carbocycles. The zero-order chi connectivity index (χ0) is 21.0. The molecule has 1 aromatic heterocycles. The van der Waals surface area contributed by atoms with E-state index in [9.17, 15) is 22.8 Å². The Balaban J connectivity index is 2.37. The van der Waals surface area contributed by atoms with Crippen molar-refractivity contribution >= 4 is 23.7 Å². The van der Waals surface area contributed by atoms with E-state index in [1.54, 1.807) is 0 Å². The van der Waals surface area contributed by atoms with Gasteiger partial charge in [-0.25, -0.2) is 18.5 Å². The third-order valence-corrected chi connectivity index (χ3v) is 4.67. The molecule has 0 spiro atoms. The van der Waals surface area contributed by atoms with Gasteiger partial charge in [-0.2, -0.15) is 8.78 Å². The molecule has 0 atom stereocenters. The largest absolute Gasteiger partial charge is 0.460 e. The van der Waals surface area contributed by atoms with Crippen molar-refractivity contribution < 1.29 is 17.9 Å². The predicted octanol–water partition coefficient (Wildman–Crippen LogP) is 1.15. The fourth-order valence-corrected chi connectivity index (χ4v) is 2.85. The molecular formula is C16H12F3N5O3S. The molecule has 0 aliphatic carbocycles. The number of amidine groups is 1. The molecule has 28 heavy (non-hydrogen) atoms. The van der Waals surface area contributed by atoms with E-state index < -0.39 is 47.1 Å². The Morgan fingerprint density at radius 2 is 1.79 bits per heavy atom. The zero-order valence-electron chi connectivity index (χ0n) is 14.5. The van der Waals surface area contributed by atoms with Gasteiger partial charge in [-0.05, 0) is 18.3 Å². The molecule has 0 fully saturated rings. The number of rotatable bonds is 2. The number of anilines is 1. The second-order valence-electron chi connectivity index (χ2n) is 5.83. The summed E-state index contributed by atoms with van der Waals surface area (Å²) in [5, 5.41) is 7.60. The van der Waals surface area contributed by atoms with Gasteiger partial charge < -0.3 is 9.64 Å². The average molecular weight is 411 g/mol. The molecule has 1 aliphatic rings. The number of aromatic nitrogens is 3. The van der Waals surface area contributed by atoms with Crippen molar-refractivity contribution in [1.29, 1.82) is 5.41 Å². The second kappa shape index (κ2) is 6.38. The van der Waals surface area contributed by atoms with Crippen molar-refractivity contribution in [3.8, 4) is 23.8 Å². The predicted molar refractivity (Wildman–Crippen MR) is 96.5 cm³/mol. The Morgan fingerprint density at radius 1 is 1.21 bits per heavy atom. The maximum absolute atomic E-state index is 14.7. The van der Waals surface area contributed by atoms with E-state index in [4.69, 9.17) is 24.1 Å². The molecule has 0 amide bonds. The highest BCUT2D eigenvalue weighted by molar-refractivity contribution is 7.71. The summed E-state index contributed by atoms with van der Waals surface area (Å²) in [6.07, 6.45) is 1.15. The smallest absolute Gasteiger partial charge is 0.424 e. The summed E-state index contributed by atoms with van der Waals surface area (Å²) in [7, 11) is 2.59. The van der Waals surface area contributed by atoms with Crippen LogP contribution in [0.3, 0.4) is 0 Å². The Bertz CT molecular complexity index is 1200. The van der Waals surface area contributed by atoms with Crippen molar-refractivity contribution in [1.82, 2.24) is 13.7 Å². The lowest BCUT2D eigenvalue weighted by molar-refractivity contribution is -0.116. The Hall–Kier alpha value is -3.33. The van der Waals surface area contributed by atoms with Crippen LogP contribution in [-0.4, -0.2) is 32.2 Å². The van der Waals surface area contributed by atoms with E-state index in [0.717, 1.165) is 20.1 Å². The minimum atomic E-state index is -4.03. The van der Waals surface area contributed by atoms with Crippen LogP contribution in [0, 0.1) is 28.3 Å². The summed E-state index contributed by atoms with van der Waals surface area (Å²) in [5.74, 6) is -0.901.